The number of methoxy groups -OCH3 is 2. The summed E-state index contributed by atoms with van der Waals surface area (Å²) in [5, 5.41) is 0. The average molecular weight is 461 g/mol. The summed E-state index contributed by atoms with van der Waals surface area (Å²) in [7, 11) is -1.14. The molecule has 2 N–H and O–H groups in total. The van der Waals surface area contributed by atoms with Crippen LogP contribution in [0.4, 0.5) is 0 Å². The SMILES string of the molecule is COc1cc(Br)c(S(=O)(=O)NNC(=O)c2cc3c(s2)CCC3)cc1OC. The molecule has 2 aromatic rings. The first-order chi connectivity index (χ1) is 12.4. The van der Waals surface area contributed by atoms with Crippen molar-refractivity contribution in [2.24, 2.45) is 0 Å². The van der Waals surface area contributed by atoms with Gasteiger partial charge in [-0.2, -0.15) is 0 Å². The van der Waals surface area contributed by atoms with E-state index in [0.717, 1.165) is 19.3 Å². The fourth-order valence-electron chi connectivity index (χ4n) is 2.71. The van der Waals surface area contributed by atoms with E-state index >= 15 is 0 Å². The van der Waals surface area contributed by atoms with Gasteiger partial charge in [0.2, 0.25) is 0 Å². The van der Waals surface area contributed by atoms with Crippen molar-refractivity contribution in [3.8, 4) is 11.5 Å². The van der Waals surface area contributed by atoms with Crippen LogP contribution >= 0.6 is 27.3 Å². The molecule has 0 fully saturated rings. The Morgan fingerprint density at radius 2 is 1.85 bits per heavy atom. The monoisotopic (exact) mass is 460 g/mol. The van der Waals surface area contributed by atoms with Crippen LogP contribution in [0.2, 0.25) is 0 Å². The van der Waals surface area contributed by atoms with Crippen molar-refractivity contribution in [2.45, 2.75) is 24.2 Å². The van der Waals surface area contributed by atoms with Crippen molar-refractivity contribution in [3.05, 3.63) is 38.0 Å². The first-order valence-electron chi connectivity index (χ1n) is 7.71. The van der Waals surface area contributed by atoms with Gasteiger partial charge in [-0.3, -0.25) is 10.2 Å². The topological polar surface area (TPSA) is 93.7 Å². The molecule has 0 saturated carbocycles. The number of amides is 1. The van der Waals surface area contributed by atoms with E-state index in [1.54, 1.807) is 0 Å². The third kappa shape index (κ3) is 3.73. The maximum absolute atomic E-state index is 12.5. The van der Waals surface area contributed by atoms with Crippen LogP contribution < -0.4 is 19.7 Å². The zero-order chi connectivity index (χ0) is 18.9. The number of hydrogen-bond acceptors (Lipinski definition) is 6. The quantitative estimate of drug-likeness (QED) is 0.646. The minimum Gasteiger partial charge on any atom is -0.493 e. The second-order valence-electron chi connectivity index (χ2n) is 5.61. The fraction of sp³-hybridized carbons (Fsp3) is 0.312. The first-order valence-corrected chi connectivity index (χ1v) is 10.8. The van der Waals surface area contributed by atoms with Crippen LogP contribution in [0, 0.1) is 0 Å². The summed E-state index contributed by atoms with van der Waals surface area (Å²) in [5.74, 6) is 0.164. The number of nitrogens with one attached hydrogen (secondary N) is 2. The zero-order valence-electron chi connectivity index (χ0n) is 14.1. The lowest BCUT2D eigenvalue weighted by atomic mass is 10.2. The van der Waals surface area contributed by atoms with Crippen molar-refractivity contribution in [3.63, 3.8) is 0 Å². The van der Waals surface area contributed by atoms with E-state index in [2.05, 4.69) is 26.2 Å². The summed E-state index contributed by atoms with van der Waals surface area (Å²) < 4.78 is 35.6. The number of halogens is 1. The smallest absolute Gasteiger partial charge is 0.276 e. The molecular formula is C16H17BrN2O5S2. The lowest BCUT2D eigenvalue weighted by molar-refractivity contribution is 0.0949. The van der Waals surface area contributed by atoms with E-state index in [1.807, 2.05) is 6.07 Å². The molecule has 3 rings (SSSR count). The summed E-state index contributed by atoms with van der Waals surface area (Å²) in [4.78, 5) is 16.0. The van der Waals surface area contributed by atoms with E-state index < -0.39 is 15.9 Å². The highest BCUT2D eigenvalue weighted by molar-refractivity contribution is 9.10. The summed E-state index contributed by atoms with van der Waals surface area (Å²) in [6.45, 7) is 0. The summed E-state index contributed by atoms with van der Waals surface area (Å²) in [6.07, 6.45) is 3.03. The molecule has 7 nitrogen and oxygen atoms in total. The summed E-state index contributed by atoms with van der Waals surface area (Å²) in [6, 6.07) is 4.62. The Morgan fingerprint density at radius 3 is 2.50 bits per heavy atom. The van der Waals surface area contributed by atoms with Crippen LogP contribution in [-0.4, -0.2) is 28.5 Å². The number of sulfonamides is 1. The van der Waals surface area contributed by atoms with Gasteiger partial charge in [0.25, 0.3) is 15.9 Å². The van der Waals surface area contributed by atoms with Crippen LogP contribution in [-0.2, 0) is 22.9 Å². The molecule has 0 atom stereocenters. The Morgan fingerprint density at radius 1 is 1.15 bits per heavy atom. The van der Waals surface area contributed by atoms with Crippen molar-refractivity contribution in [1.29, 1.82) is 0 Å². The van der Waals surface area contributed by atoms with Crippen LogP contribution in [0.5, 0.6) is 11.5 Å². The van der Waals surface area contributed by atoms with Gasteiger partial charge in [-0.05, 0) is 52.9 Å². The normalized spacial score (nSPS) is 13.3. The number of carbonyl (C=O) groups is 1. The Kier molecular flexibility index (Phi) is 5.56. The number of thiophene rings is 1. The van der Waals surface area contributed by atoms with Crippen molar-refractivity contribution < 1.29 is 22.7 Å². The Hall–Kier alpha value is -1.62. The number of hydrogen-bond donors (Lipinski definition) is 2. The van der Waals surface area contributed by atoms with Gasteiger partial charge in [0, 0.05) is 15.4 Å². The van der Waals surface area contributed by atoms with Crippen molar-refractivity contribution in [1.82, 2.24) is 10.3 Å². The van der Waals surface area contributed by atoms with E-state index in [-0.39, 0.29) is 15.1 Å². The van der Waals surface area contributed by atoms with Gasteiger partial charge < -0.3 is 9.47 Å². The van der Waals surface area contributed by atoms with E-state index in [4.69, 9.17) is 9.47 Å². The molecular weight excluding hydrogens is 444 g/mol. The summed E-state index contributed by atoms with van der Waals surface area (Å²) >= 11 is 4.60. The molecule has 1 heterocycles. The van der Waals surface area contributed by atoms with Crippen LogP contribution in [0.15, 0.2) is 27.6 Å². The molecule has 0 saturated heterocycles. The highest BCUT2D eigenvalue weighted by Gasteiger charge is 2.23. The average Bonchev–Trinajstić information content (AvgIpc) is 3.21. The van der Waals surface area contributed by atoms with Gasteiger partial charge in [-0.15, -0.1) is 16.2 Å². The molecule has 10 heteroatoms. The molecule has 0 aliphatic heterocycles. The largest absolute Gasteiger partial charge is 0.493 e. The Bertz CT molecular complexity index is 934. The predicted molar refractivity (Wildman–Crippen MR) is 101 cm³/mol. The second kappa shape index (κ2) is 7.55. The molecule has 0 spiro atoms. The molecule has 26 heavy (non-hydrogen) atoms. The number of carbonyl (C=O) groups excluding carboxylic acids is 1. The van der Waals surface area contributed by atoms with Gasteiger partial charge in [-0.1, -0.05) is 0 Å². The molecule has 0 bridgehead atoms. The Balaban J connectivity index is 1.77. The van der Waals surface area contributed by atoms with Gasteiger partial charge in [0.15, 0.2) is 11.5 Å². The molecule has 1 aromatic heterocycles. The highest BCUT2D eigenvalue weighted by atomic mass is 79.9. The molecule has 1 amide bonds. The molecule has 140 valence electrons. The predicted octanol–water partition coefficient (Wildman–Crippen LogP) is 2.64. The zero-order valence-corrected chi connectivity index (χ0v) is 17.3. The lowest BCUT2D eigenvalue weighted by Crippen LogP contribution is -2.41. The van der Waals surface area contributed by atoms with Crippen LogP contribution in [0.1, 0.15) is 26.5 Å². The molecule has 1 aromatic carbocycles. The van der Waals surface area contributed by atoms with Crippen LogP contribution in [0.25, 0.3) is 0 Å². The molecule has 0 unspecified atom stereocenters. The maximum atomic E-state index is 12.5. The number of aryl methyl sites for hydroxylation is 2. The first kappa shape index (κ1) is 19.2. The van der Waals surface area contributed by atoms with Gasteiger partial charge in [0.1, 0.15) is 4.90 Å². The van der Waals surface area contributed by atoms with Crippen molar-refractivity contribution >= 4 is 43.2 Å². The number of ether oxygens (including phenoxy) is 2. The number of benzene rings is 1. The van der Waals surface area contributed by atoms with Gasteiger partial charge >= 0.3 is 0 Å². The Labute approximate surface area is 163 Å². The molecule has 1 aliphatic carbocycles. The van der Waals surface area contributed by atoms with E-state index in [9.17, 15) is 13.2 Å². The van der Waals surface area contributed by atoms with Crippen LogP contribution in [0.3, 0.4) is 0 Å². The minimum absolute atomic E-state index is 0.0795. The lowest BCUT2D eigenvalue weighted by Gasteiger charge is -2.13. The van der Waals surface area contributed by atoms with Crippen molar-refractivity contribution in [2.75, 3.05) is 14.2 Å². The molecule has 1 aliphatic rings. The van der Waals surface area contributed by atoms with Gasteiger partial charge in [0.05, 0.1) is 19.1 Å². The number of rotatable bonds is 6. The maximum Gasteiger partial charge on any atom is 0.276 e. The molecule has 0 radical (unpaired) electrons. The second-order valence-corrected chi connectivity index (χ2v) is 9.25. The third-order valence-corrected chi connectivity index (χ3v) is 7.44. The number of hydrazine groups is 1. The van der Waals surface area contributed by atoms with E-state index in [1.165, 1.54) is 48.1 Å². The summed E-state index contributed by atoms with van der Waals surface area (Å²) in [5.41, 5.74) is 3.43. The number of fused-ring (bicyclic) bond motifs is 1. The van der Waals surface area contributed by atoms with E-state index in [0.29, 0.717) is 10.6 Å². The van der Waals surface area contributed by atoms with Gasteiger partial charge in [-0.25, -0.2) is 8.42 Å². The highest BCUT2D eigenvalue weighted by Crippen LogP contribution is 2.35. The minimum atomic E-state index is -4.01. The fourth-order valence-corrected chi connectivity index (χ4v) is 5.74. The third-order valence-electron chi connectivity index (χ3n) is 4.00. The standard InChI is InChI=1S/C16H17BrN2O5S2/c1-23-11-7-10(17)15(8-12(11)24-2)26(21,22)19-18-16(20)14-6-9-4-3-5-13(9)25-14/h6-8,19H,3-5H2,1-2H3,(H,18,20).